The van der Waals surface area contributed by atoms with E-state index in [0.29, 0.717) is 13.2 Å². The van der Waals surface area contributed by atoms with Gasteiger partial charge in [0.25, 0.3) is 0 Å². The van der Waals surface area contributed by atoms with Crippen molar-refractivity contribution in [2.75, 3.05) is 20.2 Å². The van der Waals surface area contributed by atoms with Gasteiger partial charge in [-0.3, -0.25) is 4.90 Å². The summed E-state index contributed by atoms with van der Waals surface area (Å²) < 4.78 is 6.68. The molecule has 1 heterocycles. The van der Waals surface area contributed by atoms with E-state index in [4.69, 9.17) is 4.74 Å². The summed E-state index contributed by atoms with van der Waals surface area (Å²) >= 11 is 5.16. The third-order valence-electron chi connectivity index (χ3n) is 2.28. The normalized spacial score (nSPS) is 14.2. The summed E-state index contributed by atoms with van der Waals surface area (Å²) in [6, 6.07) is 2.11. The molecule has 104 valence electrons. The smallest absolute Gasteiger partial charge is 0.0900 e. The van der Waals surface area contributed by atoms with Crippen LogP contribution in [0.5, 0.6) is 0 Å². The Labute approximate surface area is 122 Å². The molecule has 18 heavy (non-hydrogen) atoms. The number of hydrogen-bond donors (Lipinski definition) is 1. The molecule has 5 heteroatoms. The number of rotatable bonds is 6. The fourth-order valence-corrected chi connectivity index (χ4v) is 3.06. The van der Waals surface area contributed by atoms with E-state index in [-0.39, 0.29) is 5.60 Å². The zero-order valence-electron chi connectivity index (χ0n) is 11.4. The van der Waals surface area contributed by atoms with Crippen LogP contribution in [-0.2, 0) is 11.3 Å². The van der Waals surface area contributed by atoms with E-state index < -0.39 is 6.10 Å². The highest BCUT2D eigenvalue weighted by Crippen LogP contribution is 2.20. The maximum Gasteiger partial charge on any atom is 0.0900 e. The summed E-state index contributed by atoms with van der Waals surface area (Å²) in [5.74, 6) is 0. The summed E-state index contributed by atoms with van der Waals surface area (Å²) in [5, 5.41) is 12.0. The molecule has 0 aliphatic heterocycles. The largest absolute Gasteiger partial charge is 0.389 e. The lowest BCUT2D eigenvalue weighted by Crippen LogP contribution is -2.34. The first kappa shape index (κ1) is 16.1. The minimum absolute atomic E-state index is 0.196. The molecular formula is C13H22BrNO2S. The van der Waals surface area contributed by atoms with Crippen LogP contribution in [0.1, 0.15) is 25.6 Å². The molecule has 0 aromatic carbocycles. The first-order valence-electron chi connectivity index (χ1n) is 6.00. The van der Waals surface area contributed by atoms with Gasteiger partial charge in [0.15, 0.2) is 0 Å². The van der Waals surface area contributed by atoms with Gasteiger partial charge in [0, 0.05) is 27.8 Å². The average molecular weight is 336 g/mol. The molecule has 0 radical (unpaired) electrons. The van der Waals surface area contributed by atoms with Crippen LogP contribution in [0.4, 0.5) is 0 Å². The highest BCUT2D eigenvalue weighted by Gasteiger charge is 2.15. The molecule has 0 aliphatic rings. The average Bonchev–Trinajstić information content (AvgIpc) is 2.59. The van der Waals surface area contributed by atoms with Gasteiger partial charge in [-0.15, -0.1) is 11.3 Å². The third-order valence-corrected chi connectivity index (χ3v) is 3.96. The summed E-state index contributed by atoms with van der Waals surface area (Å²) in [6.45, 7) is 7.82. The maximum absolute atomic E-state index is 9.89. The topological polar surface area (TPSA) is 32.7 Å². The van der Waals surface area contributed by atoms with E-state index in [9.17, 15) is 5.11 Å². The van der Waals surface area contributed by atoms with Gasteiger partial charge in [-0.25, -0.2) is 0 Å². The summed E-state index contributed by atoms with van der Waals surface area (Å²) in [5.41, 5.74) is -0.196. The Morgan fingerprint density at radius 3 is 2.67 bits per heavy atom. The van der Waals surface area contributed by atoms with Crippen molar-refractivity contribution in [1.29, 1.82) is 0 Å². The molecule has 1 rings (SSSR count). The summed E-state index contributed by atoms with van der Waals surface area (Å²) in [6.07, 6.45) is -0.447. The van der Waals surface area contributed by atoms with Crippen LogP contribution in [0.25, 0.3) is 0 Å². The van der Waals surface area contributed by atoms with Gasteiger partial charge < -0.3 is 9.84 Å². The predicted octanol–water partition coefficient (Wildman–Crippen LogP) is 3.12. The molecule has 1 N–H and O–H groups in total. The van der Waals surface area contributed by atoms with Crippen LogP contribution in [0, 0.1) is 0 Å². The number of aliphatic hydroxyl groups excluding tert-OH is 1. The fourth-order valence-electron chi connectivity index (χ4n) is 1.53. The quantitative estimate of drug-likeness (QED) is 0.866. The number of likely N-dealkylation sites (N-methyl/N-ethyl adjacent to an activating group) is 1. The van der Waals surface area contributed by atoms with Crippen LogP contribution in [0.2, 0.25) is 0 Å². The Morgan fingerprint density at radius 2 is 2.17 bits per heavy atom. The van der Waals surface area contributed by atoms with E-state index in [0.717, 1.165) is 11.0 Å². The Balaban J connectivity index is 2.29. The van der Waals surface area contributed by atoms with Crippen molar-refractivity contribution < 1.29 is 9.84 Å². The van der Waals surface area contributed by atoms with Gasteiger partial charge in [0.1, 0.15) is 0 Å². The Hall–Kier alpha value is 0.0600. The van der Waals surface area contributed by atoms with Gasteiger partial charge in [-0.2, -0.15) is 0 Å². The van der Waals surface area contributed by atoms with Crippen molar-refractivity contribution in [2.45, 2.75) is 39.0 Å². The monoisotopic (exact) mass is 335 g/mol. The minimum atomic E-state index is -0.447. The van der Waals surface area contributed by atoms with E-state index in [1.54, 1.807) is 11.3 Å². The molecule has 0 saturated carbocycles. The van der Waals surface area contributed by atoms with E-state index in [1.165, 1.54) is 4.88 Å². The highest BCUT2D eigenvalue weighted by molar-refractivity contribution is 9.10. The Bertz CT molecular complexity index is 362. The van der Waals surface area contributed by atoms with Crippen molar-refractivity contribution in [3.63, 3.8) is 0 Å². The predicted molar refractivity (Wildman–Crippen MR) is 80.1 cm³/mol. The minimum Gasteiger partial charge on any atom is -0.389 e. The van der Waals surface area contributed by atoms with Crippen molar-refractivity contribution in [3.8, 4) is 0 Å². The van der Waals surface area contributed by atoms with Crippen LogP contribution < -0.4 is 0 Å². The number of hydrogen-bond acceptors (Lipinski definition) is 4. The molecule has 0 fully saturated rings. The second-order valence-electron chi connectivity index (χ2n) is 5.51. The first-order chi connectivity index (χ1) is 8.26. The maximum atomic E-state index is 9.89. The second-order valence-corrected chi connectivity index (χ2v) is 7.42. The van der Waals surface area contributed by atoms with Crippen molar-refractivity contribution >= 4 is 27.3 Å². The van der Waals surface area contributed by atoms with Crippen LogP contribution >= 0.6 is 27.3 Å². The standard InChI is InChI=1S/C13H22BrNO2S/c1-13(2,3)17-8-11(16)6-15(4)7-12-5-10(14)9-18-12/h5,9,11,16H,6-8H2,1-4H3. The molecule has 0 spiro atoms. The van der Waals surface area contributed by atoms with E-state index in [2.05, 4.69) is 32.3 Å². The molecule has 0 saturated heterocycles. The molecule has 0 bridgehead atoms. The molecule has 1 unspecified atom stereocenters. The molecule has 1 aromatic rings. The molecule has 1 aromatic heterocycles. The van der Waals surface area contributed by atoms with Crippen molar-refractivity contribution in [1.82, 2.24) is 4.90 Å². The van der Waals surface area contributed by atoms with Gasteiger partial charge in [-0.05, 0) is 49.8 Å². The summed E-state index contributed by atoms with van der Waals surface area (Å²) in [4.78, 5) is 3.39. The number of aliphatic hydroxyl groups is 1. The Kier molecular flexibility index (Phi) is 6.27. The lowest BCUT2D eigenvalue weighted by atomic mass is 10.2. The first-order valence-corrected chi connectivity index (χ1v) is 7.67. The van der Waals surface area contributed by atoms with E-state index >= 15 is 0 Å². The van der Waals surface area contributed by atoms with E-state index in [1.807, 2.05) is 27.8 Å². The van der Waals surface area contributed by atoms with Crippen LogP contribution in [-0.4, -0.2) is 41.9 Å². The number of nitrogens with zero attached hydrogens (tertiary/aromatic N) is 1. The highest BCUT2D eigenvalue weighted by atomic mass is 79.9. The molecule has 0 amide bonds. The lowest BCUT2D eigenvalue weighted by Gasteiger charge is -2.24. The number of halogens is 1. The Morgan fingerprint density at radius 1 is 1.50 bits per heavy atom. The van der Waals surface area contributed by atoms with Gasteiger partial charge >= 0.3 is 0 Å². The lowest BCUT2D eigenvalue weighted by molar-refractivity contribution is -0.0550. The molecule has 1 atom stereocenters. The third kappa shape index (κ3) is 6.85. The number of ether oxygens (including phenoxy) is 1. The second kappa shape index (κ2) is 7.01. The molecular weight excluding hydrogens is 314 g/mol. The van der Waals surface area contributed by atoms with Crippen molar-refractivity contribution in [3.05, 3.63) is 20.8 Å². The zero-order valence-corrected chi connectivity index (χ0v) is 13.8. The fraction of sp³-hybridized carbons (Fsp3) is 0.692. The summed E-state index contributed by atoms with van der Waals surface area (Å²) in [7, 11) is 2.01. The van der Waals surface area contributed by atoms with Gasteiger partial charge in [0.2, 0.25) is 0 Å². The van der Waals surface area contributed by atoms with Crippen LogP contribution in [0.15, 0.2) is 15.9 Å². The van der Waals surface area contributed by atoms with Gasteiger partial charge in [-0.1, -0.05) is 0 Å². The van der Waals surface area contributed by atoms with Crippen LogP contribution in [0.3, 0.4) is 0 Å². The zero-order chi connectivity index (χ0) is 13.8. The molecule has 3 nitrogen and oxygen atoms in total. The van der Waals surface area contributed by atoms with Crippen molar-refractivity contribution in [2.24, 2.45) is 0 Å². The molecule has 0 aliphatic carbocycles. The number of thiophene rings is 1. The SMILES string of the molecule is CN(Cc1cc(Br)cs1)CC(O)COC(C)(C)C. The van der Waals surface area contributed by atoms with Gasteiger partial charge in [0.05, 0.1) is 18.3 Å².